The van der Waals surface area contributed by atoms with Crippen LogP contribution in [0.2, 0.25) is 0 Å². The second-order valence-corrected chi connectivity index (χ2v) is 27.9. The van der Waals surface area contributed by atoms with Crippen LogP contribution in [0.5, 0.6) is 0 Å². The van der Waals surface area contributed by atoms with E-state index in [1.165, 1.54) is 5.56 Å². The van der Waals surface area contributed by atoms with Gasteiger partial charge in [0.25, 0.3) is 0 Å². The van der Waals surface area contributed by atoms with Crippen LogP contribution < -0.4 is 0 Å². The Balaban J connectivity index is 0.000000146. The Kier molecular flexibility index (Phi) is 17.0. The number of aromatic nitrogens is 10. The molecule has 0 unspecified atom stereocenters. The van der Waals surface area contributed by atoms with Gasteiger partial charge >= 0.3 is 0 Å². The summed E-state index contributed by atoms with van der Waals surface area (Å²) in [5, 5.41) is 8.89. The molecule has 0 fully saturated rings. The van der Waals surface area contributed by atoms with Gasteiger partial charge in [0.1, 0.15) is 0 Å². The summed E-state index contributed by atoms with van der Waals surface area (Å²) >= 11 is 0. The second-order valence-electron chi connectivity index (χ2n) is 27.9. The van der Waals surface area contributed by atoms with E-state index < -0.39 is 0 Å². The predicted octanol–water partition coefficient (Wildman–Crippen LogP) is 25.4. The number of hydrogen-bond donors (Lipinski definition) is 0. The zero-order valence-electron chi connectivity index (χ0n) is 60.4. The molecule has 0 aliphatic heterocycles. The maximum Gasteiger partial charge on any atom is 0.0978 e. The molecule has 21 aromatic rings. The fourth-order valence-electron chi connectivity index (χ4n) is 15.4. The van der Waals surface area contributed by atoms with Crippen LogP contribution in [0.3, 0.4) is 0 Å². The first kappa shape index (κ1) is 66.2. The Labute approximate surface area is 645 Å². The molecule has 0 amide bonds. The van der Waals surface area contributed by atoms with Crippen molar-refractivity contribution in [2.45, 2.75) is 0 Å². The fraction of sp³-hybridized carbons (Fsp3) is 0. The maximum absolute atomic E-state index is 5.20. The quantitative estimate of drug-likeness (QED) is 0.0861. The molecule has 522 valence electrons. The number of para-hydroxylation sites is 2. The molecule has 0 atom stereocenters. The van der Waals surface area contributed by atoms with Crippen LogP contribution in [-0.2, 0) is 0 Å². The zero-order valence-corrected chi connectivity index (χ0v) is 60.4. The fourth-order valence-corrected chi connectivity index (χ4v) is 15.4. The molecule has 11 aromatic carbocycles. The summed E-state index contributed by atoms with van der Waals surface area (Å²) in [5.41, 5.74) is 30.3. The number of pyridine rings is 10. The molecule has 112 heavy (non-hydrogen) atoms. The standard InChI is InChI=1S/C53H33N5.C49H31N5/c1-2-8-34(9-3-1)43-23-25-48(56-33-43)50-31-44(30-49(57-50)36-16-14-35(15-17-36)42-11-6-26-54-32-42)40-19-18-39-29-41(21-20-38(39)28-40)51-45-12-4-5-13-47(45)58-53-46(51)24-22-37-10-7-27-55-52(37)53;1-2-8-32(9-3-1)39-23-25-44(52-31-39)46-29-40(28-45(53-46)35-18-14-33(15-19-35)38-11-6-26-50-30-38)34-16-20-36(21-17-34)47-41-12-4-5-13-43(41)54-49-42(47)24-22-37-10-7-27-51-48(37)49/h1-33H;1-31H. The molecule has 0 bridgehead atoms. The summed E-state index contributed by atoms with van der Waals surface area (Å²) in [6, 6.07) is 119. The van der Waals surface area contributed by atoms with E-state index >= 15 is 0 Å². The van der Waals surface area contributed by atoms with Gasteiger partial charge in [-0.15, -0.1) is 0 Å². The van der Waals surface area contributed by atoms with Crippen LogP contribution in [0.25, 0.3) is 210 Å². The molecular weight excluding hydrogens is 1370 g/mol. The molecule has 0 saturated carbocycles. The van der Waals surface area contributed by atoms with Crippen LogP contribution in [-0.4, -0.2) is 49.8 Å². The SMILES string of the molecule is c1ccc(-c2ccc(-c3cc(-c4ccc(-c5c6ccccc6nc6c5ccc5cccnc56)cc4)cc(-c4ccc(-c5cccnc5)cc4)n3)nc2)cc1.c1ccc(-c2ccc(-c3cc(-c4ccc5cc(-c6c7ccccc7nc7c6ccc6cccnc67)ccc5c4)cc(-c4ccc(-c5cccnc5)cc4)n3)nc2)cc1. The van der Waals surface area contributed by atoms with Crippen molar-refractivity contribution in [1.82, 2.24) is 49.8 Å². The highest BCUT2D eigenvalue weighted by molar-refractivity contribution is 6.18. The lowest BCUT2D eigenvalue weighted by Gasteiger charge is -2.14. The summed E-state index contributed by atoms with van der Waals surface area (Å²) in [4.78, 5) is 48.5. The maximum atomic E-state index is 5.20. The lowest BCUT2D eigenvalue weighted by atomic mass is 9.92. The molecular formula is C102H64N10. The molecule has 0 aliphatic carbocycles. The van der Waals surface area contributed by atoms with Crippen LogP contribution in [0.1, 0.15) is 0 Å². The lowest BCUT2D eigenvalue weighted by Crippen LogP contribution is -1.94. The largest absolute Gasteiger partial charge is 0.264 e. The summed E-state index contributed by atoms with van der Waals surface area (Å²) in [6.45, 7) is 0. The molecule has 0 spiro atoms. The van der Waals surface area contributed by atoms with Gasteiger partial charge in [0.05, 0.1) is 67.3 Å². The molecule has 0 saturated heterocycles. The van der Waals surface area contributed by atoms with E-state index in [9.17, 15) is 0 Å². The average Bonchev–Trinajstić information content (AvgIpc) is 0.745. The van der Waals surface area contributed by atoms with Gasteiger partial charge in [-0.1, -0.05) is 255 Å². The topological polar surface area (TPSA) is 129 Å². The van der Waals surface area contributed by atoms with Gasteiger partial charge in [-0.2, -0.15) is 0 Å². The first-order valence-corrected chi connectivity index (χ1v) is 37.3. The number of benzene rings is 11. The van der Waals surface area contributed by atoms with Crippen molar-refractivity contribution in [1.29, 1.82) is 0 Å². The third kappa shape index (κ3) is 12.8. The number of fused-ring (bicyclic) bond motifs is 9. The van der Waals surface area contributed by atoms with Gasteiger partial charge in [-0.05, 0) is 162 Å². The Bertz CT molecular complexity index is 6910. The van der Waals surface area contributed by atoms with E-state index in [0.717, 1.165) is 205 Å². The second kappa shape index (κ2) is 28.8. The van der Waals surface area contributed by atoms with E-state index in [1.807, 2.05) is 104 Å². The van der Waals surface area contributed by atoms with Crippen molar-refractivity contribution in [2.75, 3.05) is 0 Å². The van der Waals surface area contributed by atoms with Crippen LogP contribution >= 0.6 is 0 Å². The molecule has 21 rings (SSSR count). The van der Waals surface area contributed by atoms with Crippen molar-refractivity contribution in [3.8, 4) is 134 Å². The van der Waals surface area contributed by atoms with Crippen molar-refractivity contribution in [3.05, 3.63) is 389 Å². The van der Waals surface area contributed by atoms with Crippen LogP contribution in [0.4, 0.5) is 0 Å². The molecule has 10 nitrogen and oxygen atoms in total. The Morgan fingerprint density at radius 3 is 0.991 bits per heavy atom. The summed E-state index contributed by atoms with van der Waals surface area (Å²) in [7, 11) is 0. The summed E-state index contributed by atoms with van der Waals surface area (Å²) in [5.74, 6) is 0. The lowest BCUT2D eigenvalue weighted by molar-refractivity contribution is 1.25. The molecule has 10 heterocycles. The third-order valence-corrected chi connectivity index (χ3v) is 21.1. The van der Waals surface area contributed by atoms with Crippen molar-refractivity contribution in [3.63, 3.8) is 0 Å². The minimum atomic E-state index is 0.813. The van der Waals surface area contributed by atoms with Gasteiger partial charge in [0.15, 0.2) is 0 Å². The number of rotatable bonds is 12. The first-order chi connectivity index (χ1) is 55.5. The van der Waals surface area contributed by atoms with Crippen molar-refractivity contribution in [2.24, 2.45) is 0 Å². The average molecular weight is 1430 g/mol. The third-order valence-electron chi connectivity index (χ3n) is 21.1. The predicted molar refractivity (Wildman–Crippen MR) is 459 cm³/mol. The monoisotopic (exact) mass is 1430 g/mol. The molecule has 0 N–H and O–H groups in total. The van der Waals surface area contributed by atoms with Crippen LogP contribution in [0, 0.1) is 0 Å². The highest BCUT2D eigenvalue weighted by Gasteiger charge is 2.20. The summed E-state index contributed by atoms with van der Waals surface area (Å²) in [6.07, 6.45) is 14.9. The van der Waals surface area contributed by atoms with Crippen molar-refractivity contribution >= 4 is 76.2 Å². The summed E-state index contributed by atoms with van der Waals surface area (Å²) < 4.78 is 0. The minimum absolute atomic E-state index is 0.813. The molecule has 10 aromatic heterocycles. The Morgan fingerprint density at radius 1 is 0.161 bits per heavy atom. The van der Waals surface area contributed by atoms with E-state index in [2.05, 4.69) is 283 Å². The Morgan fingerprint density at radius 2 is 0.518 bits per heavy atom. The van der Waals surface area contributed by atoms with Gasteiger partial charge in [0.2, 0.25) is 0 Å². The van der Waals surface area contributed by atoms with E-state index in [4.69, 9.17) is 39.9 Å². The smallest absolute Gasteiger partial charge is 0.0978 e. The highest BCUT2D eigenvalue weighted by Crippen LogP contribution is 2.43. The molecule has 0 radical (unpaired) electrons. The highest BCUT2D eigenvalue weighted by atomic mass is 14.8. The van der Waals surface area contributed by atoms with E-state index in [0.29, 0.717) is 0 Å². The van der Waals surface area contributed by atoms with Gasteiger partial charge < -0.3 is 0 Å². The minimum Gasteiger partial charge on any atom is -0.264 e. The molecule has 0 aliphatic rings. The number of hydrogen-bond acceptors (Lipinski definition) is 10. The van der Waals surface area contributed by atoms with E-state index in [1.54, 1.807) is 12.4 Å². The van der Waals surface area contributed by atoms with Gasteiger partial charge in [0, 0.05) is 115 Å². The van der Waals surface area contributed by atoms with Gasteiger partial charge in [-0.3, -0.25) is 29.9 Å². The van der Waals surface area contributed by atoms with Gasteiger partial charge in [-0.25, -0.2) is 19.9 Å². The number of nitrogens with zero attached hydrogens (tertiary/aromatic N) is 10. The van der Waals surface area contributed by atoms with Crippen molar-refractivity contribution < 1.29 is 0 Å². The zero-order chi connectivity index (χ0) is 74.3. The Hall–Kier alpha value is -15.3. The van der Waals surface area contributed by atoms with E-state index in [-0.39, 0.29) is 0 Å². The molecule has 10 heteroatoms. The first-order valence-electron chi connectivity index (χ1n) is 37.3. The normalized spacial score (nSPS) is 11.4. The van der Waals surface area contributed by atoms with Crippen LogP contribution in [0.15, 0.2) is 389 Å².